The number of hydrogen-bond acceptors (Lipinski definition) is 4. The van der Waals surface area contributed by atoms with E-state index in [1.807, 2.05) is 50.2 Å². The van der Waals surface area contributed by atoms with Crippen LogP contribution in [0.1, 0.15) is 29.5 Å². The molecule has 2 aromatic carbocycles. The molecule has 4 aliphatic heterocycles. The van der Waals surface area contributed by atoms with E-state index in [1.165, 1.54) is 4.90 Å². The highest BCUT2D eigenvalue weighted by molar-refractivity contribution is 9.10. The number of halogens is 1. The van der Waals surface area contributed by atoms with Crippen molar-refractivity contribution in [2.24, 2.45) is 11.8 Å². The molecule has 6 nitrogen and oxygen atoms in total. The zero-order chi connectivity index (χ0) is 21.7. The SMILES string of the molecule is Cc1ccc(N2C(=O)C3C4CCCN4C4(C(=O)Nc5ccc(Br)cc54)C3C2=O)c(C)c1. The number of aryl methyl sites for hydroxylation is 2. The summed E-state index contributed by atoms with van der Waals surface area (Å²) in [5.74, 6) is -1.86. The molecule has 0 aromatic heterocycles. The van der Waals surface area contributed by atoms with E-state index in [0.29, 0.717) is 12.2 Å². The zero-order valence-electron chi connectivity index (χ0n) is 17.3. The highest BCUT2D eigenvalue weighted by atomic mass is 79.9. The van der Waals surface area contributed by atoms with Crippen molar-refractivity contribution in [3.63, 3.8) is 0 Å². The highest BCUT2D eigenvalue weighted by Crippen LogP contribution is 2.61. The Hall–Kier alpha value is -2.51. The predicted molar refractivity (Wildman–Crippen MR) is 120 cm³/mol. The number of carbonyl (C=O) groups is 3. The molecule has 1 spiro atoms. The van der Waals surface area contributed by atoms with E-state index >= 15 is 0 Å². The Morgan fingerprint density at radius 3 is 2.65 bits per heavy atom. The van der Waals surface area contributed by atoms with Gasteiger partial charge in [-0.05, 0) is 63.1 Å². The second kappa shape index (κ2) is 6.26. The molecule has 0 radical (unpaired) electrons. The summed E-state index contributed by atoms with van der Waals surface area (Å²) >= 11 is 3.53. The molecule has 3 saturated heterocycles. The molecule has 6 rings (SSSR count). The average Bonchev–Trinajstić information content (AvgIpc) is 3.42. The minimum atomic E-state index is -1.13. The Balaban J connectivity index is 1.57. The first kappa shape index (κ1) is 19.2. The first-order valence-electron chi connectivity index (χ1n) is 10.7. The van der Waals surface area contributed by atoms with E-state index in [1.54, 1.807) is 0 Å². The molecule has 0 bridgehead atoms. The van der Waals surface area contributed by atoms with Gasteiger partial charge in [-0.3, -0.25) is 19.3 Å². The topological polar surface area (TPSA) is 69.7 Å². The molecule has 3 amide bonds. The van der Waals surface area contributed by atoms with Crippen LogP contribution in [0.2, 0.25) is 0 Å². The number of hydrogen-bond donors (Lipinski definition) is 1. The smallest absolute Gasteiger partial charge is 0.250 e. The summed E-state index contributed by atoms with van der Waals surface area (Å²) < 4.78 is 0.851. The van der Waals surface area contributed by atoms with E-state index in [-0.39, 0.29) is 23.8 Å². The van der Waals surface area contributed by atoms with Gasteiger partial charge in [-0.1, -0.05) is 33.6 Å². The molecule has 2 aromatic rings. The van der Waals surface area contributed by atoms with Crippen LogP contribution in [0.4, 0.5) is 11.4 Å². The summed E-state index contributed by atoms with van der Waals surface area (Å²) in [5.41, 5.74) is 2.98. The molecule has 3 fully saturated rings. The van der Waals surface area contributed by atoms with Crippen LogP contribution in [0.15, 0.2) is 40.9 Å². The third-order valence-corrected chi connectivity index (χ3v) is 8.04. The Morgan fingerprint density at radius 1 is 1.06 bits per heavy atom. The highest BCUT2D eigenvalue weighted by Gasteiger charge is 2.74. The first-order valence-corrected chi connectivity index (χ1v) is 11.5. The zero-order valence-corrected chi connectivity index (χ0v) is 18.9. The van der Waals surface area contributed by atoms with Crippen LogP contribution in [0.25, 0.3) is 0 Å². The normalized spacial score (nSPS) is 31.4. The maximum absolute atomic E-state index is 14.0. The van der Waals surface area contributed by atoms with Gasteiger partial charge in [0.25, 0.3) is 0 Å². The molecule has 7 heteroatoms. The molecule has 1 N–H and O–H groups in total. The van der Waals surface area contributed by atoms with Crippen molar-refractivity contribution in [1.82, 2.24) is 4.90 Å². The van der Waals surface area contributed by atoms with Gasteiger partial charge in [-0.25, -0.2) is 4.90 Å². The van der Waals surface area contributed by atoms with Crippen LogP contribution < -0.4 is 10.2 Å². The van der Waals surface area contributed by atoms with Crippen molar-refractivity contribution in [1.29, 1.82) is 0 Å². The minimum absolute atomic E-state index is 0.104. The molecule has 158 valence electrons. The van der Waals surface area contributed by atoms with Gasteiger partial charge < -0.3 is 5.32 Å². The van der Waals surface area contributed by atoms with Gasteiger partial charge in [0, 0.05) is 21.8 Å². The first-order chi connectivity index (χ1) is 14.9. The lowest BCUT2D eigenvalue weighted by Crippen LogP contribution is -2.54. The molecule has 31 heavy (non-hydrogen) atoms. The number of rotatable bonds is 1. The van der Waals surface area contributed by atoms with Crippen LogP contribution in [-0.2, 0) is 19.9 Å². The molecular weight excluding hydrogens is 458 g/mol. The van der Waals surface area contributed by atoms with Gasteiger partial charge in [0.1, 0.15) is 5.54 Å². The average molecular weight is 480 g/mol. The van der Waals surface area contributed by atoms with E-state index in [4.69, 9.17) is 0 Å². The number of nitrogens with zero attached hydrogens (tertiary/aromatic N) is 2. The summed E-state index contributed by atoms with van der Waals surface area (Å²) in [7, 11) is 0. The van der Waals surface area contributed by atoms with Crippen molar-refractivity contribution >= 4 is 45.0 Å². The second-order valence-corrected chi connectivity index (χ2v) is 10.0. The Bertz CT molecular complexity index is 1190. The number of benzene rings is 2. The van der Waals surface area contributed by atoms with E-state index in [9.17, 15) is 14.4 Å². The lowest BCUT2D eigenvalue weighted by molar-refractivity contribution is -0.135. The van der Waals surface area contributed by atoms with Crippen LogP contribution >= 0.6 is 15.9 Å². The van der Waals surface area contributed by atoms with Crippen LogP contribution in [0.3, 0.4) is 0 Å². The summed E-state index contributed by atoms with van der Waals surface area (Å²) in [6.45, 7) is 4.62. The number of fused-ring (bicyclic) bond motifs is 7. The van der Waals surface area contributed by atoms with Crippen molar-refractivity contribution in [2.45, 2.75) is 38.3 Å². The molecule has 4 atom stereocenters. The van der Waals surface area contributed by atoms with Crippen molar-refractivity contribution in [3.8, 4) is 0 Å². The van der Waals surface area contributed by atoms with Crippen LogP contribution in [0.5, 0.6) is 0 Å². The second-order valence-electron chi connectivity index (χ2n) is 9.12. The minimum Gasteiger partial charge on any atom is -0.324 e. The van der Waals surface area contributed by atoms with Crippen molar-refractivity contribution in [2.75, 3.05) is 16.8 Å². The fraction of sp³-hybridized carbons (Fsp3) is 0.375. The summed E-state index contributed by atoms with van der Waals surface area (Å²) in [4.78, 5) is 44.8. The monoisotopic (exact) mass is 479 g/mol. The Morgan fingerprint density at radius 2 is 1.87 bits per heavy atom. The van der Waals surface area contributed by atoms with Crippen molar-refractivity contribution in [3.05, 3.63) is 57.6 Å². The standard InChI is InChI=1S/C24H22BrN3O3/c1-12-5-8-17(13(2)10-12)28-21(29)19-18-4-3-9-27(18)24(20(19)22(28)30)15-11-14(25)6-7-16(15)26-23(24)31/h5-8,10-11,18-20H,3-4,9H2,1-2H3,(H,26,31). The van der Waals surface area contributed by atoms with Gasteiger partial charge in [0.2, 0.25) is 17.7 Å². The number of carbonyl (C=O) groups excluding carboxylic acids is 3. The van der Waals surface area contributed by atoms with Gasteiger partial charge in [0.15, 0.2) is 0 Å². The third-order valence-electron chi connectivity index (χ3n) is 7.55. The number of imide groups is 1. The number of anilines is 2. The van der Waals surface area contributed by atoms with Gasteiger partial charge in [-0.2, -0.15) is 0 Å². The Kier molecular flexibility index (Phi) is 3.88. The maximum atomic E-state index is 14.0. The molecule has 0 saturated carbocycles. The Labute approximate surface area is 188 Å². The van der Waals surface area contributed by atoms with E-state index in [0.717, 1.165) is 39.7 Å². The van der Waals surface area contributed by atoms with E-state index < -0.39 is 17.4 Å². The van der Waals surface area contributed by atoms with E-state index in [2.05, 4.69) is 26.1 Å². The summed E-state index contributed by atoms with van der Waals surface area (Å²) in [5, 5.41) is 3.01. The lowest BCUT2D eigenvalue weighted by Gasteiger charge is -2.36. The summed E-state index contributed by atoms with van der Waals surface area (Å²) in [6, 6.07) is 11.3. The van der Waals surface area contributed by atoms with Crippen LogP contribution in [-0.4, -0.2) is 35.2 Å². The number of amides is 3. The quantitative estimate of drug-likeness (QED) is 0.635. The predicted octanol–water partition coefficient (Wildman–Crippen LogP) is 3.50. The van der Waals surface area contributed by atoms with Gasteiger partial charge in [0.05, 0.1) is 17.5 Å². The molecule has 0 aliphatic carbocycles. The molecular formula is C24H22BrN3O3. The maximum Gasteiger partial charge on any atom is 0.250 e. The third kappa shape index (κ3) is 2.23. The van der Waals surface area contributed by atoms with Crippen molar-refractivity contribution < 1.29 is 14.4 Å². The fourth-order valence-corrected chi connectivity index (χ4v) is 6.83. The molecule has 4 heterocycles. The van der Waals surface area contributed by atoms with Gasteiger partial charge >= 0.3 is 0 Å². The number of nitrogens with one attached hydrogen (secondary N) is 1. The summed E-state index contributed by atoms with van der Waals surface area (Å²) in [6.07, 6.45) is 1.73. The molecule has 4 aliphatic rings. The fourth-order valence-electron chi connectivity index (χ4n) is 6.47. The van der Waals surface area contributed by atoms with Crippen LogP contribution in [0, 0.1) is 25.7 Å². The largest absolute Gasteiger partial charge is 0.324 e. The lowest BCUT2D eigenvalue weighted by atomic mass is 9.75. The molecule has 4 unspecified atom stereocenters. The van der Waals surface area contributed by atoms with Gasteiger partial charge in [-0.15, -0.1) is 0 Å².